The molecule has 1 aliphatic carbocycles. The van der Waals surface area contributed by atoms with Crippen molar-refractivity contribution in [3.05, 3.63) is 70.8 Å². The fourth-order valence-corrected chi connectivity index (χ4v) is 3.74. The van der Waals surface area contributed by atoms with Crippen LogP contribution in [0.5, 0.6) is 5.75 Å². The van der Waals surface area contributed by atoms with Crippen molar-refractivity contribution in [3.8, 4) is 5.75 Å². The molecule has 1 saturated carbocycles. The van der Waals surface area contributed by atoms with Crippen molar-refractivity contribution >= 4 is 5.70 Å². The summed E-state index contributed by atoms with van der Waals surface area (Å²) in [4.78, 5) is 7.96. The fourth-order valence-electron chi connectivity index (χ4n) is 3.74. The highest BCUT2D eigenvalue weighted by Gasteiger charge is 2.58. The second-order valence-corrected chi connectivity index (χ2v) is 7.38. The van der Waals surface area contributed by atoms with Gasteiger partial charge in [0, 0.05) is 23.1 Å². The minimum Gasteiger partial charge on any atom is -0.477 e. The molecular weight excluding hydrogens is 324 g/mol. The molecule has 0 aromatic heterocycles. The van der Waals surface area contributed by atoms with Crippen molar-refractivity contribution in [1.29, 1.82) is 0 Å². The Kier molecular flexibility index (Phi) is 4.47. The van der Waals surface area contributed by atoms with Crippen LogP contribution in [0.4, 0.5) is 0 Å². The van der Waals surface area contributed by atoms with Gasteiger partial charge in [-0.05, 0) is 51.7 Å². The second kappa shape index (κ2) is 6.78. The molecule has 1 N–H and O–H groups in total. The van der Waals surface area contributed by atoms with Gasteiger partial charge < -0.3 is 9.64 Å². The average molecular weight is 350 g/mol. The summed E-state index contributed by atoms with van der Waals surface area (Å²) in [7, 11) is 4.15. The van der Waals surface area contributed by atoms with Crippen molar-refractivity contribution in [1.82, 2.24) is 10.4 Å². The Morgan fingerprint density at radius 3 is 2.69 bits per heavy atom. The lowest BCUT2D eigenvalue weighted by Crippen LogP contribution is -2.25. The second-order valence-electron chi connectivity index (χ2n) is 7.38. The van der Waals surface area contributed by atoms with Gasteiger partial charge in [0.15, 0.2) is 5.60 Å². The first kappa shape index (κ1) is 17.1. The molecule has 4 nitrogen and oxygen atoms in total. The zero-order valence-electron chi connectivity index (χ0n) is 15.7. The zero-order valence-corrected chi connectivity index (χ0v) is 15.7. The highest BCUT2D eigenvalue weighted by atomic mass is 16.6. The number of hydroxylamine groups is 1. The standard InChI is InChI=1S/C22H26N2O2/c1-16-9-4-6-11-18(16)22-15-19(22)21(23-25-14-8-13-24(2)3)17-10-5-7-12-20(17)26-22/h4-7,9-12,23H,8,13-15H2,1-3H3. The largest absolute Gasteiger partial charge is 0.477 e. The van der Waals surface area contributed by atoms with E-state index in [0.717, 1.165) is 36.4 Å². The highest BCUT2D eigenvalue weighted by molar-refractivity contribution is 5.80. The SMILES string of the molecule is Cc1ccccc1C12CC1=C(NOCCCN(C)C)c1ccccc1O2. The molecule has 2 aromatic carbocycles. The molecule has 2 aliphatic rings. The van der Waals surface area contributed by atoms with Crippen LogP contribution in [0.25, 0.3) is 5.70 Å². The lowest BCUT2D eigenvalue weighted by Gasteiger charge is -2.27. The summed E-state index contributed by atoms with van der Waals surface area (Å²) in [5.74, 6) is 0.913. The fraction of sp³-hybridized carbons (Fsp3) is 0.364. The molecule has 26 heavy (non-hydrogen) atoms. The van der Waals surface area contributed by atoms with Gasteiger partial charge in [0.1, 0.15) is 5.75 Å². The molecule has 0 spiro atoms. The van der Waals surface area contributed by atoms with E-state index in [1.54, 1.807) is 0 Å². The maximum Gasteiger partial charge on any atom is 0.162 e. The van der Waals surface area contributed by atoms with Crippen molar-refractivity contribution in [2.75, 3.05) is 27.2 Å². The predicted molar refractivity (Wildman–Crippen MR) is 104 cm³/mol. The van der Waals surface area contributed by atoms with Gasteiger partial charge in [-0.25, -0.2) is 0 Å². The van der Waals surface area contributed by atoms with Crippen LogP contribution in [0, 0.1) is 6.92 Å². The van der Waals surface area contributed by atoms with E-state index in [2.05, 4.69) is 61.7 Å². The number of nitrogens with one attached hydrogen (secondary N) is 1. The van der Waals surface area contributed by atoms with Gasteiger partial charge in [0.25, 0.3) is 0 Å². The average Bonchev–Trinajstić information content (AvgIpc) is 3.35. The Morgan fingerprint density at radius 1 is 1.12 bits per heavy atom. The van der Waals surface area contributed by atoms with E-state index in [-0.39, 0.29) is 5.60 Å². The Hall–Kier alpha value is -2.30. The van der Waals surface area contributed by atoms with Gasteiger partial charge in [-0.15, -0.1) is 0 Å². The minimum atomic E-state index is -0.338. The molecule has 1 fully saturated rings. The molecule has 2 aromatic rings. The number of rotatable bonds is 7. The first-order valence-corrected chi connectivity index (χ1v) is 9.22. The maximum absolute atomic E-state index is 6.49. The molecule has 136 valence electrons. The van der Waals surface area contributed by atoms with E-state index in [1.165, 1.54) is 16.7 Å². The van der Waals surface area contributed by atoms with Crippen LogP contribution in [0.3, 0.4) is 0 Å². The summed E-state index contributed by atoms with van der Waals surface area (Å²) in [5, 5.41) is 0. The molecule has 4 heteroatoms. The van der Waals surface area contributed by atoms with E-state index in [1.807, 2.05) is 18.2 Å². The van der Waals surface area contributed by atoms with Crippen molar-refractivity contribution in [2.45, 2.75) is 25.4 Å². The molecule has 1 unspecified atom stereocenters. The van der Waals surface area contributed by atoms with Crippen LogP contribution in [-0.4, -0.2) is 32.1 Å². The Balaban J connectivity index is 1.60. The summed E-state index contributed by atoms with van der Waals surface area (Å²) in [6.45, 7) is 3.84. The molecule has 0 saturated heterocycles. The maximum atomic E-state index is 6.49. The number of nitrogens with zero attached hydrogens (tertiary/aromatic N) is 1. The summed E-state index contributed by atoms with van der Waals surface area (Å²) in [5.41, 5.74) is 8.83. The number of benzene rings is 2. The van der Waals surface area contributed by atoms with E-state index in [0.29, 0.717) is 6.61 Å². The summed E-state index contributed by atoms with van der Waals surface area (Å²) < 4.78 is 6.49. The van der Waals surface area contributed by atoms with Crippen LogP contribution in [0.2, 0.25) is 0 Å². The van der Waals surface area contributed by atoms with Crippen LogP contribution >= 0.6 is 0 Å². The zero-order chi connectivity index (χ0) is 18.1. The number of aryl methyl sites for hydroxylation is 1. The molecule has 0 amide bonds. The van der Waals surface area contributed by atoms with E-state index < -0.39 is 0 Å². The summed E-state index contributed by atoms with van der Waals surface area (Å²) in [6.07, 6.45) is 1.89. The van der Waals surface area contributed by atoms with Gasteiger partial charge in [0.05, 0.1) is 12.3 Å². The molecule has 0 radical (unpaired) electrons. The number of hydrogen-bond donors (Lipinski definition) is 1. The minimum absolute atomic E-state index is 0.338. The molecule has 1 atom stereocenters. The smallest absolute Gasteiger partial charge is 0.162 e. The van der Waals surface area contributed by atoms with Gasteiger partial charge in [-0.3, -0.25) is 10.3 Å². The molecule has 4 rings (SSSR count). The highest BCUT2D eigenvalue weighted by Crippen LogP contribution is 2.61. The first-order chi connectivity index (χ1) is 12.6. The summed E-state index contributed by atoms with van der Waals surface area (Å²) >= 11 is 0. The van der Waals surface area contributed by atoms with Crippen LogP contribution in [0.1, 0.15) is 29.5 Å². The Morgan fingerprint density at radius 2 is 1.88 bits per heavy atom. The van der Waals surface area contributed by atoms with Crippen molar-refractivity contribution < 1.29 is 9.57 Å². The van der Waals surface area contributed by atoms with E-state index in [4.69, 9.17) is 9.57 Å². The van der Waals surface area contributed by atoms with Crippen LogP contribution < -0.4 is 10.2 Å². The predicted octanol–water partition coefficient (Wildman–Crippen LogP) is 3.87. The number of hydrogen-bond acceptors (Lipinski definition) is 4. The third kappa shape index (κ3) is 3.00. The quantitative estimate of drug-likeness (QED) is 0.607. The van der Waals surface area contributed by atoms with Gasteiger partial charge in [0.2, 0.25) is 0 Å². The molecular formula is C22H26N2O2. The third-order valence-corrected chi connectivity index (χ3v) is 5.14. The molecule has 0 bridgehead atoms. The first-order valence-electron chi connectivity index (χ1n) is 9.22. The normalized spacial score (nSPS) is 20.5. The molecule has 1 heterocycles. The topological polar surface area (TPSA) is 33.7 Å². The monoisotopic (exact) mass is 350 g/mol. The van der Waals surface area contributed by atoms with Crippen LogP contribution in [-0.2, 0) is 10.4 Å². The van der Waals surface area contributed by atoms with E-state index in [9.17, 15) is 0 Å². The van der Waals surface area contributed by atoms with Crippen LogP contribution in [0.15, 0.2) is 54.1 Å². The summed E-state index contributed by atoms with van der Waals surface area (Å²) in [6, 6.07) is 16.7. The number of ether oxygens (including phenoxy) is 1. The van der Waals surface area contributed by atoms with Gasteiger partial charge in [-0.1, -0.05) is 36.4 Å². The van der Waals surface area contributed by atoms with Gasteiger partial charge in [-0.2, -0.15) is 0 Å². The lowest BCUT2D eigenvalue weighted by atomic mass is 9.97. The Labute approximate surface area is 155 Å². The van der Waals surface area contributed by atoms with E-state index >= 15 is 0 Å². The Bertz CT molecular complexity index is 844. The van der Waals surface area contributed by atoms with Crippen molar-refractivity contribution in [3.63, 3.8) is 0 Å². The lowest BCUT2D eigenvalue weighted by molar-refractivity contribution is 0.0708. The third-order valence-electron chi connectivity index (χ3n) is 5.14. The molecule has 1 aliphatic heterocycles. The van der Waals surface area contributed by atoms with Gasteiger partial charge >= 0.3 is 0 Å². The number of para-hydroxylation sites is 1. The number of fused-ring (bicyclic) bond motifs is 2. The van der Waals surface area contributed by atoms with Crippen molar-refractivity contribution in [2.24, 2.45) is 0 Å².